The van der Waals surface area contributed by atoms with Gasteiger partial charge in [0.25, 0.3) is 5.91 Å². The monoisotopic (exact) mass is 409 g/mol. The van der Waals surface area contributed by atoms with Crippen LogP contribution in [0.2, 0.25) is 0 Å². The van der Waals surface area contributed by atoms with Gasteiger partial charge < -0.3 is 23.5 Å². The van der Waals surface area contributed by atoms with Crippen molar-refractivity contribution >= 4 is 22.8 Å². The molecule has 0 N–H and O–H groups in total. The maximum absolute atomic E-state index is 13.1. The van der Waals surface area contributed by atoms with Gasteiger partial charge in [-0.05, 0) is 12.1 Å². The van der Waals surface area contributed by atoms with Gasteiger partial charge in [0, 0.05) is 35.7 Å². The van der Waals surface area contributed by atoms with Crippen LogP contribution >= 0.6 is 0 Å². The van der Waals surface area contributed by atoms with Gasteiger partial charge in [-0.3, -0.25) is 9.59 Å². The van der Waals surface area contributed by atoms with Crippen molar-refractivity contribution in [2.75, 3.05) is 33.4 Å². The summed E-state index contributed by atoms with van der Waals surface area (Å²) in [7, 11) is 1.58. The lowest BCUT2D eigenvalue weighted by atomic mass is 10.1. The normalized spacial score (nSPS) is 15.0. The average molecular weight is 409 g/mol. The van der Waals surface area contributed by atoms with Crippen molar-refractivity contribution in [3.63, 3.8) is 0 Å². The number of carbonyl (C=O) groups is 2. The van der Waals surface area contributed by atoms with Crippen molar-refractivity contribution in [2.24, 2.45) is 0 Å². The molecule has 2 heterocycles. The molecule has 3 aromatic rings. The highest BCUT2D eigenvalue weighted by molar-refractivity contribution is 5.89. The lowest BCUT2D eigenvalue weighted by Gasteiger charge is -2.30. The van der Waals surface area contributed by atoms with Crippen LogP contribution in [0.5, 0.6) is 5.75 Å². The molecule has 0 radical (unpaired) electrons. The van der Waals surface area contributed by atoms with Crippen molar-refractivity contribution in [1.82, 2.24) is 4.90 Å². The van der Waals surface area contributed by atoms with E-state index in [4.69, 9.17) is 18.6 Å². The number of furan rings is 1. The number of hydrogen-bond donors (Lipinski definition) is 0. The molecule has 4 rings (SSSR count). The third-order valence-electron chi connectivity index (χ3n) is 5.10. The van der Waals surface area contributed by atoms with Crippen molar-refractivity contribution in [1.29, 1.82) is 0 Å². The summed E-state index contributed by atoms with van der Waals surface area (Å²) in [4.78, 5) is 27.5. The summed E-state index contributed by atoms with van der Waals surface area (Å²) >= 11 is 0. The molecule has 0 bridgehead atoms. The van der Waals surface area contributed by atoms with E-state index in [9.17, 15) is 9.59 Å². The molecule has 1 aliphatic rings. The summed E-state index contributed by atoms with van der Waals surface area (Å²) in [6.45, 7) is 1.92. The number of amides is 1. The molecule has 30 heavy (non-hydrogen) atoms. The molecular weight excluding hydrogens is 386 g/mol. The maximum Gasteiger partial charge on any atom is 0.311 e. The van der Waals surface area contributed by atoms with E-state index in [-0.39, 0.29) is 12.3 Å². The van der Waals surface area contributed by atoms with E-state index in [1.54, 1.807) is 36.3 Å². The van der Waals surface area contributed by atoms with E-state index in [1.165, 1.54) is 6.26 Å². The van der Waals surface area contributed by atoms with Crippen LogP contribution in [-0.4, -0.2) is 50.2 Å². The molecule has 0 saturated carbocycles. The first-order chi connectivity index (χ1) is 14.7. The molecule has 1 fully saturated rings. The summed E-state index contributed by atoms with van der Waals surface area (Å²) in [5, 5.41) is 0.809. The van der Waals surface area contributed by atoms with E-state index in [2.05, 4.69) is 0 Å². The van der Waals surface area contributed by atoms with Gasteiger partial charge in [0.05, 0.1) is 33.0 Å². The molecule has 1 atom stereocenters. The average Bonchev–Trinajstić information content (AvgIpc) is 3.20. The Hall–Kier alpha value is -3.32. The first-order valence-electron chi connectivity index (χ1n) is 9.81. The number of morpholine rings is 1. The third kappa shape index (κ3) is 4.31. The second kappa shape index (κ2) is 9.00. The third-order valence-corrected chi connectivity index (χ3v) is 5.10. The van der Waals surface area contributed by atoms with Gasteiger partial charge in [0.15, 0.2) is 0 Å². The Kier molecular flexibility index (Phi) is 5.99. The molecule has 1 saturated heterocycles. The van der Waals surface area contributed by atoms with E-state index in [1.807, 2.05) is 24.3 Å². The van der Waals surface area contributed by atoms with Crippen molar-refractivity contribution < 1.29 is 28.2 Å². The highest BCUT2D eigenvalue weighted by Gasteiger charge is 2.30. The maximum atomic E-state index is 13.1. The van der Waals surface area contributed by atoms with Gasteiger partial charge in [0.2, 0.25) is 6.10 Å². The lowest BCUT2D eigenvalue weighted by molar-refractivity contribution is -0.162. The van der Waals surface area contributed by atoms with Crippen LogP contribution in [0, 0.1) is 0 Å². The number of rotatable bonds is 6. The zero-order valence-corrected chi connectivity index (χ0v) is 16.7. The molecular formula is C23H23NO6. The Labute approximate surface area is 174 Å². The number of methoxy groups -OCH3 is 1. The van der Waals surface area contributed by atoms with Gasteiger partial charge in [-0.1, -0.05) is 30.3 Å². The topological polar surface area (TPSA) is 78.2 Å². The fourth-order valence-corrected chi connectivity index (χ4v) is 3.49. The number of esters is 1. The van der Waals surface area contributed by atoms with Crippen molar-refractivity contribution in [2.45, 2.75) is 12.5 Å². The highest BCUT2D eigenvalue weighted by Crippen LogP contribution is 2.27. The van der Waals surface area contributed by atoms with Crippen LogP contribution in [0.25, 0.3) is 11.0 Å². The molecule has 1 aliphatic heterocycles. The summed E-state index contributed by atoms with van der Waals surface area (Å²) in [6, 6.07) is 14.5. The summed E-state index contributed by atoms with van der Waals surface area (Å²) in [5.74, 6) is -0.0603. The standard InChI is InChI=1S/C23H23NO6/c1-27-18-7-8-19-17(15-29-20(19)14-18)13-21(25)30-22(16-5-3-2-4-6-16)23(26)24-9-11-28-12-10-24/h2-8,14-15,22H,9-13H2,1H3/t22-/m0/s1. The Morgan fingerprint density at radius 1 is 1.10 bits per heavy atom. The smallest absolute Gasteiger partial charge is 0.311 e. The fourth-order valence-electron chi connectivity index (χ4n) is 3.49. The number of benzene rings is 2. The first-order valence-corrected chi connectivity index (χ1v) is 9.81. The molecule has 156 valence electrons. The van der Waals surface area contributed by atoms with Crippen LogP contribution in [0.3, 0.4) is 0 Å². The predicted octanol–water partition coefficient (Wildman–Crippen LogP) is 3.13. The first kappa shape index (κ1) is 20.0. The van der Waals surface area contributed by atoms with Crippen LogP contribution in [0.15, 0.2) is 59.2 Å². The lowest BCUT2D eigenvalue weighted by Crippen LogP contribution is -2.44. The highest BCUT2D eigenvalue weighted by atomic mass is 16.5. The Morgan fingerprint density at radius 2 is 1.87 bits per heavy atom. The Balaban J connectivity index is 1.52. The van der Waals surface area contributed by atoms with E-state index >= 15 is 0 Å². The van der Waals surface area contributed by atoms with Crippen LogP contribution in [-0.2, 0) is 25.5 Å². The molecule has 7 nitrogen and oxygen atoms in total. The van der Waals surface area contributed by atoms with Crippen molar-refractivity contribution in [3.8, 4) is 5.75 Å². The Morgan fingerprint density at radius 3 is 2.60 bits per heavy atom. The minimum absolute atomic E-state index is 0.000939. The molecule has 0 aliphatic carbocycles. The van der Waals surface area contributed by atoms with E-state index < -0.39 is 12.1 Å². The van der Waals surface area contributed by atoms with Crippen LogP contribution < -0.4 is 4.74 Å². The van der Waals surface area contributed by atoms with Gasteiger partial charge >= 0.3 is 5.97 Å². The zero-order chi connectivity index (χ0) is 20.9. The number of fused-ring (bicyclic) bond motifs is 1. The Bertz CT molecular complexity index is 1020. The van der Waals surface area contributed by atoms with Crippen LogP contribution in [0.1, 0.15) is 17.2 Å². The number of hydrogen-bond acceptors (Lipinski definition) is 6. The molecule has 7 heteroatoms. The van der Waals surface area contributed by atoms with E-state index in [0.29, 0.717) is 48.8 Å². The minimum atomic E-state index is -0.991. The SMILES string of the molecule is COc1ccc2c(CC(=O)O[C@H](C(=O)N3CCOCC3)c3ccccc3)coc2c1. The van der Waals surface area contributed by atoms with Crippen LogP contribution in [0.4, 0.5) is 0 Å². The second-order valence-corrected chi connectivity index (χ2v) is 7.02. The van der Waals surface area contributed by atoms with Gasteiger partial charge in [-0.25, -0.2) is 0 Å². The van der Waals surface area contributed by atoms with Gasteiger partial charge in [0.1, 0.15) is 11.3 Å². The fraction of sp³-hybridized carbons (Fsp3) is 0.304. The quantitative estimate of drug-likeness (QED) is 0.582. The predicted molar refractivity (Wildman–Crippen MR) is 109 cm³/mol. The molecule has 0 unspecified atom stereocenters. The summed E-state index contributed by atoms with van der Waals surface area (Å²) in [5.41, 5.74) is 1.97. The molecule has 0 spiro atoms. The van der Waals surface area contributed by atoms with E-state index in [0.717, 1.165) is 5.39 Å². The summed E-state index contributed by atoms with van der Waals surface area (Å²) < 4.78 is 21.7. The van der Waals surface area contributed by atoms with Gasteiger partial charge in [-0.15, -0.1) is 0 Å². The molecule has 2 aromatic carbocycles. The molecule has 1 aromatic heterocycles. The largest absolute Gasteiger partial charge is 0.497 e. The zero-order valence-electron chi connectivity index (χ0n) is 16.7. The number of carbonyl (C=O) groups excluding carboxylic acids is 2. The number of ether oxygens (including phenoxy) is 3. The second-order valence-electron chi connectivity index (χ2n) is 7.02. The minimum Gasteiger partial charge on any atom is -0.497 e. The molecule has 1 amide bonds. The van der Waals surface area contributed by atoms with Crippen molar-refractivity contribution in [3.05, 3.63) is 65.9 Å². The number of nitrogens with zero attached hydrogens (tertiary/aromatic N) is 1. The van der Waals surface area contributed by atoms with Gasteiger partial charge in [-0.2, -0.15) is 0 Å². The summed E-state index contributed by atoms with van der Waals surface area (Å²) in [6.07, 6.45) is 0.543.